The summed E-state index contributed by atoms with van der Waals surface area (Å²) in [5.74, 6) is 0.518. The van der Waals surface area contributed by atoms with Gasteiger partial charge in [0.2, 0.25) is 0 Å². The van der Waals surface area contributed by atoms with E-state index in [0.717, 1.165) is 6.42 Å². The Kier molecular flexibility index (Phi) is 4.78. The van der Waals surface area contributed by atoms with Crippen LogP contribution in [0.15, 0.2) is 61.2 Å². The van der Waals surface area contributed by atoms with E-state index in [9.17, 15) is 0 Å². The molecule has 0 fully saturated rings. The summed E-state index contributed by atoms with van der Waals surface area (Å²) in [4.78, 5) is 0. The Morgan fingerprint density at radius 2 is 1.88 bits per heavy atom. The predicted molar refractivity (Wildman–Crippen MR) is 72.7 cm³/mol. The van der Waals surface area contributed by atoms with Crippen LogP contribution in [-0.4, -0.2) is 0 Å². The maximum atomic E-state index is 3.82. The largest absolute Gasteiger partial charge is 0.0991 e. The molecular weight excluding hydrogens is 192 g/mol. The number of hydrogen-bond acceptors (Lipinski definition) is 0. The van der Waals surface area contributed by atoms with Crippen LogP contribution in [0.2, 0.25) is 0 Å². The van der Waals surface area contributed by atoms with E-state index in [-0.39, 0.29) is 0 Å². The van der Waals surface area contributed by atoms with E-state index in [1.54, 1.807) is 0 Å². The third-order valence-electron chi connectivity index (χ3n) is 2.78. The van der Waals surface area contributed by atoms with Crippen molar-refractivity contribution in [2.75, 3.05) is 0 Å². The van der Waals surface area contributed by atoms with Gasteiger partial charge >= 0.3 is 0 Å². The van der Waals surface area contributed by atoms with E-state index >= 15 is 0 Å². The molecule has 0 N–H and O–H groups in total. The molecule has 0 bridgehead atoms. The SMILES string of the molecule is C=C/C=C(\C=C)CC(C)c1ccc(C)cc1. The van der Waals surface area contributed by atoms with Gasteiger partial charge in [0.25, 0.3) is 0 Å². The average molecular weight is 212 g/mol. The molecule has 0 heterocycles. The number of allylic oxidation sites excluding steroid dienone is 4. The van der Waals surface area contributed by atoms with Gasteiger partial charge in [-0.1, -0.05) is 68.1 Å². The predicted octanol–water partition coefficient (Wildman–Crippen LogP) is 4.79. The second-order valence-electron chi connectivity index (χ2n) is 4.20. The highest BCUT2D eigenvalue weighted by Gasteiger charge is 2.06. The van der Waals surface area contributed by atoms with Crippen molar-refractivity contribution in [1.82, 2.24) is 0 Å². The standard InChI is InChI=1S/C16H20/c1-5-7-15(6-2)12-14(4)16-10-8-13(3)9-11-16/h5-11,14H,1-2,12H2,3-4H3/b15-7+. The number of aryl methyl sites for hydroxylation is 1. The molecule has 1 aromatic carbocycles. The molecule has 0 saturated carbocycles. The summed E-state index contributed by atoms with van der Waals surface area (Å²) in [5, 5.41) is 0. The summed E-state index contributed by atoms with van der Waals surface area (Å²) < 4.78 is 0. The van der Waals surface area contributed by atoms with Crippen LogP contribution in [0, 0.1) is 6.92 Å². The summed E-state index contributed by atoms with van der Waals surface area (Å²) in [6.07, 6.45) is 6.77. The molecule has 1 atom stereocenters. The first-order valence-electron chi connectivity index (χ1n) is 5.68. The molecule has 0 aliphatic carbocycles. The molecular formula is C16H20. The van der Waals surface area contributed by atoms with Gasteiger partial charge in [0.05, 0.1) is 0 Å². The lowest BCUT2D eigenvalue weighted by Crippen LogP contribution is -1.94. The Labute approximate surface area is 99.0 Å². The smallest absolute Gasteiger partial charge is 0.0150 e. The van der Waals surface area contributed by atoms with E-state index in [1.165, 1.54) is 16.7 Å². The summed E-state index contributed by atoms with van der Waals surface area (Å²) in [5.41, 5.74) is 3.92. The minimum absolute atomic E-state index is 0.518. The lowest BCUT2D eigenvalue weighted by atomic mass is 9.93. The van der Waals surface area contributed by atoms with E-state index in [4.69, 9.17) is 0 Å². The molecule has 0 saturated heterocycles. The molecule has 16 heavy (non-hydrogen) atoms. The van der Waals surface area contributed by atoms with Crippen molar-refractivity contribution in [3.05, 3.63) is 72.4 Å². The molecule has 0 aliphatic heterocycles. The van der Waals surface area contributed by atoms with E-state index in [2.05, 4.69) is 51.3 Å². The summed E-state index contributed by atoms with van der Waals surface area (Å²) in [6.45, 7) is 11.9. The first kappa shape index (κ1) is 12.5. The zero-order valence-electron chi connectivity index (χ0n) is 10.2. The van der Waals surface area contributed by atoms with Gasteiger partial charge in [-0.15, -0.1) is 0 Å². The molecule has 1 unspecified atom stereocenters. The second-order valence-corrected chi connectivity index (χ2v) is 4.20. The Morgan fingerprint density at radius 3 is 2.38 bits per heavy atom. The molecule has 0 nitrogen and oxygen atoms in total. The molecule has 0 aliphatic rings. The maximum absolute atomic E-state index is 3.82. The lowest BCUT2D eigenvalue weighted by Gasteiger charge is -2.12. The van der Waals surface area contributed by atoms with Gasteiger partial charge in [0, 0.05) is 0 Å². The highest BCUT2D eigenvalue weighted by atomic mass is 14.1. The normalized spacial score (nSPS) is 13.2. The molecule has 84 valence electrons. The molecule has 0 amide bonds. The highest BCUT2D eigenvalue weighted by molar-refractivity contribution is 5.28. The van der Waals surface area contributed by atoms with Crippen molar-refractivity contribution in [1.29, 1.82) is 0 Å². The Morgan fingerprint density at radius 1 is 1.25 bits per heavy atom. The van der Waals surface area contributed by atoms with E-state index < -0.39 is 0 Å². The van der Waals surface area contributed by atoms with Gasteiger partial charge < -0.3 is 0 Å². The van der Waals surface area contributed by atoms with Crippen molar-refractivity contribution in [3.8, 4) is 0 Å². The fourth-order valence-electron chi connectivity index (χ4n) is 1.74. The van der Waals surface area contributed by atoms with Crippen molar-refractivity contribution in [2.45, 2.75) is 26.2 Å². The average Bonchev–Trinajstić information content (AvgIpc) is 2.29. The van der Waals surface area contributed by atoms with Gasteiger partial charge in [-0.05, 0) is 30.4 Å². The summed E-state index contributed by atoms with van der Waals surface area (Å²) in [6, 6.07) is 8.73. The van der Waals surface area contributed by atoms with Crippen LogP contribution in [0.1, 0.15) is 30.4 Å². The van der Waals surface area contributed by atoms with Crippen LogP contribution in [0.4, 0.5) is 0 Å². The van der Waals surface area contributed by atoms with Crippen LogP contribution in [0.25, 0.3) is 0 Å². The van der Waals surface area contributed by atoms with Crippen LogP contribution >= 0.6 is 0 Å². The van der Waals surface area contributed by atoms with Crippen LogP contribution in [0.3, 0.4) is 0 Å². The Balaban J connectivity index is 2.75. The lowest BCUT2D eigenvalue weighted by molar-refractivity contribution is 0.762. The second kappa shape index (κ2) is 6.12. The number of rotatable bonds is 5. The van der Waals surface area contributed by atoms with Gasteiger partial charge in [0.15, 0.2) is 0 Å². The van der Waals surface area contributed by atoms with Crippen LogP contribution in [-0.2, 0) is 0 Å². The monoisotopic (exact) mass is 212 g/mol. The third-order valence-corrected chi connectivity index (χ3v) is 2.78. The molecule has 1 rings (SSSR count). The van der Waals surface area contributed by atoms with Gasteiger partial charge in [0.1, 0.15) is 0 Å². The van der Waals surface area contributed by atoms with Gasteiger partial charge in [-0.3, -0.25) is 0 Å². The summed E-state index contributed by atoms with van der Waals surface area (Å²) in [7, 11) is 0. The number of benzene rings is 1. The first-order valence-corrected chi connectivity index (χ1v) is 5.68. The fraction of sp³-hybridized carbons (Fsp3) is 0.250. The van der Waals surface area contributed by atoms with Crippen molar-refractivity contribution in [3.63, 3.8) is 0 Å². The van der Waals surface area contributed by atoms with Crippen molar-refractivity contribution in [2.24, 2.45) is 0 Å². The minimum atomic E-state index is 0.518. The maximum Gasteiger partial charge on any atom is -0.0150 e. The molecule has 1 aromatic rings. The zero-order chi connectivity index (χ0) is 12.0. The Hall–Kier alpha value is -1.56. The Bertz CT molecular complexity index is 379. The topological polar surface area (TPSA) is 0 Å². The minimum Gasteiger partial charge on any atom is -0.0991 e. The van der Waals surface area contributed by atoms with Crippen LogP contribution < -0.4 is 0 Å². The first-order chi connectivity index (χ1) is 7.67. The highest BCUT2D eigenvalue weighted by Crippen LogP contribution is 2.23. The quantitative estimate of drug-likeness (QED) is 0.616. The van der Waals surface area contributed by atoms with Crippen molar-refractivity contribution < 1.29 is 0 Å². The molecule has 0 radical (unpaired) electrons. The van der Waals surface area contributed by atoms with E-state index in [1.807, 2.05) is 18.2 Å². The zero-order valence-corrected chi connectivity index (χ0v) is 10.2. The van der Waals surface area contributed by atoms with Crippen LogP contribution in [0.5, 0.6) is 0 Å². The molecule has 0 aromatic heterocycles. The number of hydrogen-bond donors (Lipinski definition) is 0. The summed E-state index contributed by atoms with van der Waals surface area (Å²) >= 11 is 0. The van der Waals surface area contributed by atoms with Gasteiger partial charge in [-0.25, -0.2) is 0 Å². The van der Waals surface area contributed by atoms with E-state index in [0.29, 0.717) is 5.92 Å². The molecule has 0 heteroatoms. The van der Waals surface area contributed by atoms with Crippen molar-refractivity contribution >= 4 is 0 Å². The molecule has 0 spiro atoms. The van der Waals surface area contributed by atoms with Gasteiger partial charge in [-0.2, -0.15) is 0 Å². The fourth-order valence-corrected chi connectivity index (χ4v) is 1.74. The third kappa shape index (κ3) is 3.54.